The van der Waals surface area contributed by atoms with Crippen LogP contribution in [0.15, 0.2) is 54.6 Å². The highest BCUT2D eigenvalue weighted by atomic mass is 19.1. The zero-order valence-electron chi connectivity index (χ0n) is 13.0. The lowest BCUT2D eigenvalue weighted by Gasteiger charge is -2.23. The first kappa shape index (κ1) is 16.7. The third kappa shape index (κ3) is 4.16. The van der Waals surface area contributed by atoms with E-state index in [9.17, 15) is 14.0 Å². The Morgan fingerprint density at radius 1 is 1.09 bits per heavy atom. The molecule has 4 nitrogen and oxygen atoms in total. The molecule has 0 saturated carbocycles. The van der Waals surface area contributed by atoms with Crippen LogP contribution in [0.4, 0.5) is 4.39 Å². The van der Waals surface area contributed by atoms with E-state index < -0.39 is 23.7 Å². The second-order valence-corrected chi connectivity index (χ2v) is 5.18. The number of benzene rings is 2. The number of nitrogens with one attached hydrogen (secondary N) is 1. The Labute approximate surface area is 134 Å². The van der Waals surface area contributed by atoms with Gasteiger partial charge in [0.1, 0.15) is 11.9 Å². The summed E-state index contributed by atoms with van der Waals surface area (Å²) in [5.74, 6) is -1.80. The van der Waals surface area contributed by atoms with Gasteiger partial charge in [0.2, 0.25) is 0 Å². The number of hydrogen-bond acceptors (Lipinski definition) is 3. The van der Waals surface area contributed by atoms with Crippen molar-refractivity contribution < 1.29 is 18.7 Å². The van der Waals surface area contributed by atoms with Crippen LogP contribution in [0, 0.1) is 5.82 Å². The predicted octanol–water partition coefficient (Wildman–Crippen LogP) is 2.90. The molecule has 0 radical (unpaired) electrons. The molecule has 0 spiro atoms. The van der Waals surface area contributed by atoms with Gasteiger partial charge >= 0.3 is 5.97 Å². The molecule has 5 heteroatoms. The highest BCUT2D eigenvalue weighted by Crippen LogP contribution is 2.21. The van der Waals surface area contributed by atoms with E-state index in [0.717, 1.165) is 0 Å². The standard InChI is InChI=1S/C18H18FNO3/c1-12(14-9-6-10-15(19)11-14)16(18(22)23-2)20-17(21)13-7-4-3-5-8-13/h3-12,16H,1-2H3,(H,20,21)/t12-,16+/m0/s1. The highest BCUT2D eigenvalue weighted by Gasteiger charge is 2.29. The number of hydrogen-bond donors (Lipinski definition) is 1. The van der Waals surface area contributed by atoms with Crippen molar-refractivity contribution in [2.24, 2.45) is 0 Å². The summed E-state index contributed by atoms with van der Waals surface area (Å²) >= 11 is 0. The maximum Gasteiger partial charge on any atom is 0.328 e. The number of amides is 1. The molecule has 0 aliphatic carbocycles. The largest absolute Gasteiger partial charge is 0.467 e. The van der Waals surface area contributed by atoms with E-state index in [-0.39, 0.29) is 5.91 Å². The number of carbonyl (C=O) groups is 2. The summed E-state index contributed by atoms with van der Waals surface area (Å²) in [6, 6.07) is 13.6. The first-order valence-electron chi connectivity index (χ1n) is 7.22. The lowest BCUT2D eigenvalue weighted by Crippen LogP contribution is -2.44. The molecule has 0 aromatic heterocycles. The minimum Gasteiger partial charge on any atom is -0.467 e. The van der Waals surface area contributed by atoms with Crippen LogP contribution >= 0.6 is 0 Å². The molecule has 0 bridgehead atoms. The SMILES string of the molecule is COC(=O)[C@H](NC(=O)c1ccccc1)[C@@H](C)c1cccc(F)c1. The second kappa shape index (κ2) is 7.54. The molecule has 2 rings (SSSR count). The van der Waals surface area contributed by atoms with Crippen LogP contribution in [0.25, 0.3) is 0 Å². The Kier molecular flexibility index (Phi) is 5.46. The Morgan fingerprint density at radius 2 is 1.78 bits per heavy atom. The molecule has 2 aromatic rings. The summed E-state index contributed by atoms with van der Waals surface area (Å²) in [5, 5.41) is 2.67. The van der Waals surface area contributed by atoms with Crippen LogP contribution in [-0.2, 0) is 9.53 Å². The van der Waals surface area contributed by atoms with E-state index in [1.807, 2.05) is 0 Å². The van der Waals surface area contributed by atoms with E-state index >= 15 is 0 Å². The molecule has 1 amide bonds. The topological polar surface area (TPSA) is 55.4 Å². The van der Waals surface area contributed by atoms with Gasteiger partial charge in [-0.2, -0.15) is 0 Å². The molecule has 2 aromatic carbocycles. The molecular weight excluding hydrogens is 297 g/mol. The Morgan fingerprint density at radius 3 is 2.39 bits per heavy atom. The van der Waals surface area contributed by atoms with E-state index in [1.54, 1.807) is 49.4 Å². The second-order valence-electron chi connectivity index (χ2n) is 5.18. The summed E-state index contributed by atoms with van der Waals surface area (Å²) < 4.78 is 18.2. The molecular formula is C18H18FNO3. The molecule has 0 heterocycles. The molecule has 23 heavy (non-hydrogen) atoms. The number of methoxy groups -OCH3 is 1. The van der Waals surface area contributed by atoms with Crippen LogP contribution in [0.1, 0.15) is 28.8 Å². The van der Waals surface area contributed by atoms with Gasteiger partial charge in [0.05, 0.1) is 7.11 Å². The van der Waals surface area contributed by atoms with Gasteiger partial charge in [0, 0.05) is 11.5 Å². The smallest absolute Gasteiger partial charge is 0.328 e. The van der Waals surface area contributed by atoms with Gasteiger partial charge in [-0.1, -0.05) is 37.3 Å². The van der Waals surface area contributed by atoms with Crippen LogP contribution in [0.2, 0.25) is 0 Å². The van der Waals surface area contributed by atoms with Crippen molar-refractivity contribution in [2.45, 2.75) is 18.9 Å². The van der Waals surface area contributed by atoms with Gasteiger partial charge < -0.3 is 10.1 Å². The van der Waals surface area contributed by atoms with Crippen molar-refractivity contribution in [3.05, 3.63) is 71.5 Å². The van der Waals surface area contributed by atoms with E-state index in [0.29, 0.717) is 11.1 Å². The van der Waals surface area contributed by atoms with Crippen molar-refractivity contribution >= 4 is 11.9 Å². The molecule has 2 atom stereocenters. The molecule has 0 saturated heterocycles. The van der Waals surface area contributed by atoms with Crippen molar-refractivity contribution in [1.82, 2.24) is 5.32 Å². The average molecular weight is 315 g/mol. The Bertz CT molecular complexity index is 688. The minimum atomic E-state index is -0.908. The summed E-state index contributed by atoms with van der Waals surface area (Å²) in [6.07, 6.45) is 0. The van der Waals surface area contributed by atoms with Crippen LogP contribution in [0.5, 0.6) is 0 Å². The third-order valence-electron chi connectivity index (χ3n) is 3.65. The van der Waals surface area contributed by atoms with Crippen LogP contribution in [0.3, 0.4) is 0 Å². The fourth-order valence-corrected chi connectivity index (χ4v) is 2.31. The number of halogens is 1. The van der Waals surface area contributed by atoms with Crippen LogP contribution < -0.4 is 5.32 Å². The van der Waals surface area contributed by atoms with Crippen molar-refractivity contribution in [3.63, 3.8) is 0 Å². The van der Waals surface area contributed by atoms with Gasteiger partial charge in [-0.3, -0.25) is 4.79 Å². The monoisotopic (exact) mass is 315 g/mol. The molecule has 0 unspecified atom stereocenters. The van der Waals surface area contributed by atoms with Crippen molar-refractivity contribution in [1.29, 1.82) is 0 Å². The minimum absolute atomic E-state index is 0.385. The molecule has 120 valence electrons. The first-order valence-corrected chi connectivity index (χ1v) is 7.22. The fraction of sp³-hybridized carbons (Fsp3) is 0.222. The normalized spacial score (nSPS) is 13.0. The summed E-state index contributed by atoms with van der Waals surface area (Å²) in [6.45, 7) is 1.74. The summed E-state index contributed by atoms with van der Waals surface area (Å²) in [4.78, 5) is 24.3. The Balaban J connectivity index is 2.23. The van der Waals surface area contributed by atoms with Crippen LogP contribution in [-0.4, -0.2) is 25.0 Å². The number of esters is 1. The Hall–Kier alpha value is -2.69. The van der Waals surface area contributed by atoms with Gasteiger partial charge in [-0.05, 0) is 29.8 Å². The van der Waals surface area contributed by atoms with E-state index in [1.165, 1.54) is 19.2 Å². The van der Waals surface area contributed by atoms with Crippen molar-refractivity contribution in [2.75, 3.05) is 7.11 Å². The van der Waals surface area contributed by atoms with E-state index in [4.69, 9.17) is 4.74 Å². The third-order valence-corrected chi connectivity index (χ3v) is 3.65. The maximum atomic E-state index is 13.4. The first-order chi connectivity index (χ1) is 11.0. The molecule has 0 aliphatic rings. The van der Waals surface area contributed by atoms with Gasteiger partial charge in [0.15, 0.2) is 0 Å². The number of ether oxygens (including phenoxy) is 1. The number of rotatable bonds is 5. The number of carbonyl (C=O) groups excluding carboxylic acids is 2. The van der Waals surface area contributed by atoms with Gasteiger partial charge in [-0.25, -0.2) is 9.18 Å². The molecule has 0 fully saturated rings. The zero-order chi connectivity index (χ0) is 16.8. The van der Waals surface area contributed by atoms with E-state index in [2.05, 4.69) is 5.32 Å². The quantitative estimate of drug-likeness (QED) is 0.863. The maximum absolute atomic E-state index is 13.4. The summed E-state index contributed by atoms with van der Waals surface area (Å²) in [5.41, 5.74) is 1.04. The highest BCUT2D eigenvalue weighted by molar-refractivity contribution is 5.97. The fourth-order valence-electron chi connectivity index (χ4n) is 2.31. The van der Waals surface area contributed by atoms with Gasteiger partial charge in [0.25, 0.3) is 5.91 Å². The lowest BCUT2D eigenvalue weighted by molar-refractivity contribution is -0.143. The molecule has 0 aliphatic heterocycles. The van der Waals surface area contributed by atoms with Crippen molar-refractivity contribution in [3.8, 4) is 0 Å². The molecule has 1 N–H and O–H groups in total. The summed E-state index contributed by atoms with van der Waals surface area (Å²) in [7, 11) is 1.25. The average Bonchev–Trinajstić information content (AvgIpc) is 2.59. The predicted molar refractivity (Wildman–Crippen MR) is 84.5 cm³/mol. The lowest BCUT2D eigenvalue weighted by atomic mass is 9.93. The van der Waals surface area contributed by atoms with Gasteiger partial charge in [-0.15, -0.1) is 0 Å². The zero-order valence-corrected chi connectivity index (χ0v) is 13.0.